The molecule has 0 radical (unpaired) electrons. The molecule has 1 aliphatic heterocycles. The van der Waals surface area contributed by atoms with E-state index >= 15 is 0 Å². The van der Waals surface area contributed by atoms with E-state index in [1.807, 2.05) is 19.1 Å². The lowest BCUT2D eigenvalue weighted by Gasteiger charge is -2.28. The monoisotopic (exact) mass is 317 g/mol. The molecule has 22 heavy (non-hydrogen) atoms. The fraction of sp³-hybridized carbons (Fsp3) is 0.312. The number of ether oxygens (including phenoxy) is 1. The van der Waals surface area contributed by atoms with E-state index in [-0.39, 0.29) is 17.9 Å². The lowest BCUT2D eigenvalue weighted by molar-refractivity contribution is -0.123. The van der Waals surface area contributed by atoms with E-state index in [2.05, 4.69) is 15.3 Å². The molecule has 1 N–H and O–H groups in total. The maximum absolute atomic E-state index is 12.5. The molecule has 1 aromatic heterocycles. The molecule has 0 saturated carbocycles. The topological polar surface area (TPSA) is 64.1 Å². The summed E-state index contributed by atoms with van der Waals surface area (Å²) in [5, 5.41) is 3.64. The van der Waals surface area contributed by atoms with E-state index in [4.69, 9.17) is 16.3 Å². The molecule has 2 aromatic rings. The first-order chi connectivity index (χ1) is 10.7. The number of rotatable bonds is 3. The van der Waals surface area contributed by atoms with Crippen LogP contribution in [0.25, 0.3) is 0 Å². The number of hydrogen-bond acceptors (Lipinski definition) is 4. The third kappa shape index (κ3) is 2.90. The Hall–Kier alpha value is -2.14. The van der Waals surface area contributed by atoms with Gasteiger partial charge in [0.25, 0.3) is 0 Å². The minimum atomic E-state index is -0.313. The van der Waals surface area contributed by atoms with Gasteiger partial charge in [-0.3, -0.25) is 4.79 Å². The number of carbonyl (C=O) groups excluding carboxylic acids is 1. The molecule has 2 heterocycles. The predicted octanol–water partition coefficient (Wildman–Crippen LogP) is 2.87. The van der Waals surface area contributed by atoms with Gasteiger partial charge in [-0.05, 0) is 13.0 Å². The molecule has 114 valence electrons. The van der Waals surface area contributed by atoms with Crippen molar-refractivity contribution in [2.45, 2.75) is 25.3 Å². The Labute approximate surface area is 133 Å². The number of carbonyl (C=O) groups is 1. The van der Waals surface area contributed by atoms with Crippen LogP contribution in [0.15, 0.2) is 36.9 Å². The normalized spacial score (nSPS) is 18.0. The number of hydrogen-bond donors (Lipinski definition) is 1. The average molecular weight is 318 g/mol. The lowest BCUT2D eigenvalue weighted by atomic mass is 9.98. The Bertz CT molecular complexity index is 678. The molecule has 5 nitrogen and oxygen atoms in total. The van der Waals surface area contributed by atoms with Crippen LogP contribution in [-0.4, -0.2) is 22.5 Å². The Balaban J connectivity index is 1.77. The molecule has 0 unspecified atom stereocenters. The van der Waals surface area contributed by atoms with Crippen molar-refractivity contribution in [3.8, 4) is 5.75 Å². The molecule has 0 aliphatic carbocycles. The molecule has 2 atom stereocenters. The first-order valence-electron chi connectivity index (χ1n) is 7.13. The summed E-state index contributed by atoms with van der Waals surface area (Å²) in [6.07, 6.45) is 5.49. The van der Waals surface area contributed by atoms with Crippen LogP contribution in [0.4, 0.5) is 0 Å². The summed E-state index contributed by atoms with van der Waals surface area (Å²) in [6, 6.07) is 5.49. The zero-order chi connectivity index (χ0) is 15.5. The van der Waals surface area contributed by atoms with Crippen molar-refractivity contribution in [1.82, 2.24) is 15.3 Å². The number of halogens is 1. The van der Waals surface area contributed by atoms with Crippen molar-refractivity contribution in [2.75, 3.05) is 6.61 Å². The highest BCUT2D eigenvalue weighted by Crippen LogP contribution is 2.37. The van der Waals surface area contributed by atoms with Crippen molar-refractivity contribution < 1.29 is 9.53 Å². The van der Waals surface area contributed by atoms with Gasteiger partial charge in [-0.15, -0.1) is 0 Å². The predicted molar refractivity (Wildman–Crippen MR) is 82.9 cm³/mol. The maximum atomic E-state index is 12.5. The van der Waals surface area contributed by atoms with Crippen LogP contribution >= 0.6 is 11.6 Å². The summed E-state index contributed by atoms with van der Waals surface area (Å²) in [5.74, 6) is 0.288. The van der Waals surface area contributed by atoms with Crippen molar-refractivity contribution in [2.24, 2.45) is 0 Å². The van der Waals surface area contributed by atoms with Crippen LogP contribution in [-0.2, 0) is 4.79 Å². The smallest absolute Gasteiger partial charge is 0.227 e. The standard InChI is InChI=1S/C16H16ClN3O2/c1-10(11-7-18-9-19-8-11)16(21)20-14-5-6-22-15-12(14)3-2-4-13(15)17/h2-4,7-10,14H,5-6H2,1H3,(H,20,21)/t10-,14+/m1/s1. The Morgan fingerprint density at radius 1 is 1.41 bits per heavy atom. The molecule has 1 aromatic carbocycles. The molecular formula is C16H16ClN3O2. The second-order valence-corrected chi connectivity index (χ2v) is 5.66. The minimum absolute atomic E-state index is 0.0624. The second-order valence-electron chi connectivity index (χ2n) is 5.25. The van der Waals surface area contributed by atoms with E-state index in [0.717, 1.165) is 17.5 Å². The lowest BCUT2D eigenvalue weighted by Crippen LogP contribution is -2.34. The van der Waals surface area contributed by atoms with E-state index in [1.165, 1.54) is 6.33 Å². The zero-order valence-electron chi connectivity index (χ0n) is 12.1. The fourth-order valence-electron chi connectivity index (χ4n) is 2.52. The van der Waals surface area contributed by atoms with Gasteiger partial charge >= 0.3 is 0 Å². The van der Waals surface area contributed by atoms with Crippen molar-refractivity contribution >= 4 is 17.5 Å². The molecule has 3 rings (SSSR count). The van der Waals surface area contributed by atoms with Gasteiger partial charge in [0.15, 0.2) is 0 Å². The number of benzene rings is 1. The van der Waals surface area contributed by atoms with Gasteiger partial charge in [0.1, 0.15) is 12.1 Å². The first-order valence-corrected chi connectivity index (χ1v) is 7.51. The fourth-order valence-corrected chi connectivity index (χ4v) is 2.76. The Morgan fingerprint density at radius 2 is 2.18 bits per heavy atom. The van der Waals surface area contributed by atoms with Gasteiger partial charge in [0.2, 0.25) is 5.91 Å². The molecule has 1 amide bonds. The molecule has 6 heteroatoms. The van der Waals surface area contributed by atoms with Gasteiger partial charge in [0, 0.05) is 29.9 Å². The van der Waals surface area contributed by atoms with Crippen LogP contribution < -0.4 is 10.1 Å². The number of amides is 1. The number of aromatic nitrogens is 2. The van der Waals surface area contributed by atoms with Crippen LogP contribution in [0, 0.1) is 0 Å². The largest absolute Gasteiger partial charge is 0.492 e. The number of nitrogens with zero attached hydrogens (tertiary/aromatic N) is 2. The van der Waals surface area contributed by atoms with Crippen molar-refractivity contribution in [3.63, 3.8) is 0 Å². The van der Waals surface area contributed by atoms with E-state index in [9.17, 15) is 4.79 Å². The highest BCUT2D eigenvalue weighted by Gasteiger charge is 2.26. The number of fused-ring (bicyclic) bond motifs is 1. The third-order valence-corrected chi connectivity index (χ3v) is 4.11. The van der Waals surface area contributed by atoms with Crippen LogP contribution in [0.3, 0.4) is 0 Å². The van der Waals surface area contributed by atoms with Gasteiger partial charge in [-0.1, -0.05) is 23.7 Å². The summed E-state index contributed by atoms with van der Waals surface area (Å²) in [7, 11) is 0. The van der Waals surface area contributed by atoms with E-state index in [1.54, 1.807) is 18.5 Å². The minimum Gasteiger partial charge on any atom is -0.492 e. The highest BCUT2D eigenvalue weighted by molar-refractivity contribution is 6.32. The Kier molecular flexibility index (Phi) is 4.24. The quantitative estimate of drug-likeness (QED) is 0.945. The van der Waals surface area contributed by atoms with Gasteiger partial charge in [0.05, 0.1) is 23.6 Å². The van der Waals surface area contributed by atoms with E-state index in [0.29, 0.717) is 17.4 Å². The van der Waals surface area contributed by atoms with Crippen molar-refractivity contribution in [3.05, 3.63) is 53.1 Å². The van der Waals surface area contributed by atoms with Gasteiger partial charge < -0.3 is 10.1 Å². The van der Waals surface area contributed by atoms with Crippen molar-refractivity contribution in [1.29, 1.82) is 0 Å². The first kappa shape index (κ1) is 14.8. The zero-order valence-corrected chi connectivity index (χ0v) is 12.9. The molecule has 1 aliphatic rings. The van der Waals surface area contributed by atoms with Crippen LogP contribution in [0.1, 0.15) is 36.4 Å². The summed E-state index contributed by atoms with van der Waals surface area (Å²) in [5.41, 5.74) is 1.71. The summed E-state index contributed by atoms with van der Waals surface area (Å²) in [6.45, 7) is 2.37. The van der Waals surface area contributed by atoms with E-state index < -0.39 is 0 Å². The number of nitrogens with one attached hydrogen (secondary N) is 1. The SMILES string of the molecule is C[C@@H](C(=O)N[C@H]1CCOc2c(Cl)cccc21)c1cncnc1. The molecule has 0 spiro atoms. The van der Waals surface area contributed by atoms with Crippen LogP contribution in [0.2, 0.25) is 5.02 Å². The molecule has 0 fully saturated rings. The van der Waals surface area contributed by atoms with Gasteiger partial charge in [-0.2, -0.15) is 0 Å². The highest BCUT2D eigenvalue weighted by atomic mass is 35.5. The number of para-hydroxylation sites is 1. The molecule has 0 saturated heterocycles. The average Bonchev–Trinajstić information content (AvgIpc) is 2.56. The summed E-state index contributed by atoms with van der Waals surface area (Å²) in [4.78, 5) is 20.4. The molecule has 0 bridgehead atoms. The summed E-state index contributed by atoms with van der Waals surface area (Å²) >= 11 is 6.15. The second kappa shape index (κ2) is 6.32. The maximum Gasteiger partial charge on any atom is 0.227 e. The third-order valence-electron chi connectivity index (χ3n) is 3.82. The molecular weight excluding hydrogens is 302 g/mol. The van der Waals surface area contributed by atoms with Crippen LogP contribution in [0.5, 0.6) is 5.75 Å². The van der Waals surface area contributed by atoms with Gasteiger partial charge in [-0.25, -0.2) is 9.97 Å². The summed E-state index contributed by atoms with van der Waals surface area (Å²) < 4.78 is 5.61. The Morgan fingerprint density at radius 3 is 2.95 bits per heavy atom.